The van der Waals surface area contributed by atoms with E-state index in [0.717, 1.165) is 30.3 Å². The summed E-state index contributed by atoms with van der Waals surface area (Å²) in [7, 11) is 0. The molecule has 0 saturated heterocycles. The van der Waals surface area contributed by atoms with Gasteiger partial charge in [-0.3, -0.25) is 0 Å². The lowest BCUT2D eigenvalue weighted by molar-refractivity contribution is 0.258. The predicted octanol–water partition coefficient (Wildman–Crippen LogP) is 2.24. The number of nitrogens with zero attached hydrogens (tertiary/aromatic N) is 2. The Kier molecular flexibility index (Phi) is 4.12. The van der Waals surface area contributed by atoms with Crippen molar-refractivity contribution in [3.8, 4) is 0 Å². The zero-order valence-corrected chi connectivity index (χ0v) is 10.5. The van der Waals surface area contributed by atoms with Crippen LogP contribution in [0.3, 0.4) is 0 Å². The fraction of sp³-hybridized carbons (Fsp3) is 0.818. The molecule has 0 amide bonds. The van der Waals surface area contributed by atoms with E-state index < -0.39 is 0 Å². The topological polar surface area (TPSA) is 58.0 Å². The Balaban J connectivity index is 1.78. The zero-order valence-electron chi connectivity index (χ0n) is 9.65. The molecule has 0 radical (unpaired) electrons. The lowest BCUT2D eigenvalue weighted by Crippen LogP contribution is -2.14. The quantitative estimate of drug-likeness (QED) is 0.768. The minimum atomic E-state index is 0.267. The predicted molar refractivity (Wildman–Crippen MR) is 65.9 cm³/mol. The van der Waals surface area contributed by atoms with Gasteiger partial charge in [-0.05, 0) is 25.2 Å². The molecule has 16 heavy (non-hydrogen) atoms. The summed E-state index contributed by atoms with van der Waals surface area (Å²) in [5.74, 6) is 2.17. The van der Waals surface area contributed by atoms with Gasteiger partial charge in [-0.15, -0.1) is 0 Å². The van der Waals surface area contributed by atoms with Gasteiger partial charge >= 0.3 is 0 Å². The first kappa shape index (κ1) is 11.8. The first-order chi connectivity index (χ1) is 7.83. The molecule has 1 saturated carbocycles. The summed E-state index contributed by atoms with van der Waals surface area (Å²) >= 11 is 1.45. The maximum absolute atomic E-state index is 8.90. The Morgan fingerprint density at radius 3 is 3.00 bits per heavy atom. The normalized spacial score (nSPS) is 17.4. The maximum atomic E-state index is 8.90. The van der Waals surface area contributed by atoms with Gasteiger partial charge < -0.3 is 10.4 Å². The van der Waals surface area contributed by atoms with Crippen molar-refractivity contribution in [1.82, 2.24) is 9.36 Å². The zero-order chi connectivity index (χ0) is 11.4. The molecule has 4 nitrogen and oxygen atoms in total. The van der Waals surface area contributed by atoms with Crippen LogP contribution in [0.4, 0.5) is 5.13 Å². The molecule has 1 heterocycles. The molecule has 2 N–H and O–H groups in total. The van der Waals surface area contributed by atoms with Gasteiger partial charge in [-0.2, -0.15) is 4.37 Å². The van der Waals surface area contributed by atoms with Gasteiger partial charge in [-0.1, -0.05) is 13.3 Å². The van der Waals surface area contributed by atoms with Crippen LogP contribution in [0.1, 0.15) is 44.3 Å². The van der Waals surface area contributed by atoms with Gasteiger partial charge in [0.2, 0.25) is 5.13 Å². The molecule has 1 unspecified atom stereocenters. The molecule has 5 heteroatoms. The summed E-state index contributed by atoms with van der Waals surface area (Å²) in [6, 6.07) is 0. The minimum absolute atomic E-state index is 0.267. The van der Waals surface area contributed by atoms with E-state index in [1.54, 1.807) is 0 Å². The van der Waals surface area contributed by atoms with Crippen molar-refractivity contribution in [3.63, 3.8) is 0 Å². The first-order valence-electron chi connectivity index (χ1n) is 6.01. The third-order valence-electron chi connectivity index (χ3n) is 3.04. The van der Waals surface area contributed by atoms with E-state index in [1.807, 2.05) is 0 Å². The molecule has 1 atom stereocenters. The van der Waals surface area contributed by atoms with Crippen LogP contribution in [0.15, 0.2) is 0 Å². The second-order valence-electron chi connectivity index (χ2n) is 4.40. The van der Waals surface area contributed by atoms with Crippen molar-refractivity contribution in [1.29, 1.82) is 0 Å². The van der Waals surface area contributed by atoms with Gasteiger partial charge in [-0.25, -0.2) is 4.98 Å². The molecule has 1 aromatic rings. The summed E-state index contributed by atoms with van der Waals surface area (Å²) in [6.07, 6.45) is 4.44. The number of anilines is 1. The highest BCUT2D eigenvalue weighted by atomic mass is 32.1. The summed E-state index contributed by atoms with van der Waals surface area (Å²) in [6.45, 7) is 3.30. The third-order valence-corrected chi connectivity index (χ3v) is 3.73. The lowest BCUT2D eigenvalue weighted by atomic mass is 10.0. The van der Waals surface area contributed by atoms with E-state index in [0.29, 0.717) is 11.8 Å². The maximum Gasteiger partial charge on any atom is 0.202 e. The van der Waals surface area contributed by atoms with Crippen LogP contribution in [0.25, 0.3) is 0 Å². The minimum Gasteiger partial charge on any atom is -0.396 e. The van der Waals surface area contributed by atoms with Crippen molar-refractivity contribution < 1.29 is 5.11 Å². The fourth-order valence-electron chi connectivity index (χ4n) is 1.68. The average Bonchev–Trinajstić information content (AvgIpc) is 3.04. The summed E-state index contributed by atoms with van der Waals surface area (Å²) in [5.41, 5.74) is 0. The number of rotatable bonds is 7. The van der Waals surface area contributed by atoms with E-state index in [4.69, 9.17) is 5.11 Å². The molecule has 90 valence electrons. The molecule has 1 aliphatic rings. The lowest BCUT2D eigenvalue weighted by Gasteiger charge is -2.12. The van der Waals surface area contributed by atoms with Crippen LogP contribution < -0.4 is 5.32 Å². The Morgan fingerprint density at radius 2 is 2.38 bits per heavy atom. The van der Waals surface area contributed by atoms with Crippen molar-refractivity contribution in [3.05, 3.63) is 5.82 Å². The van der Waals surface area contributed by atoms with Crippen LogP contribution in [0, 0.1) is 5.92 Å². The number of aliphatic hydroxyl groups is 1. The van der Waals surface area contributed by atoms with Gasteiger partial charge in [0, 0.05) is 30.6 Å². The molecule has 1 fully saturated rings. The molecule has 1 aromatic heterocycles. The van der Waals surface area contributed by atoms with E-state index in [1.165, 1.54) is 24.4 Å². The smallest absolute Gasteiger partial charge is 0.202 e. The largest absolute Gasteiger partial charge is 0.396 e. The highest BCUT2D eigenvalue weighted by Crippen LogP contribution is 2.39. The highest BCUT2D eigenvalue weighted by molar-refractivity contribution is 7.09. The Labute approximate surface area is 100 Å². The molecule has 1 aliphatic carbocycles. The van der Waals surface area contributed by atoms with Gasteiger partial charge in [0.15, 0.2) is 0 Å². The monoisotopic (exact) mass is 241 g/mol. The molecule has 0 aromatic carbocycles. The number of hydrogen-bond donors (Lipinski definition) is 2. The Hall–Kier alpha value is -0.680. The van der Waals surface area contributed by atoms with Crippen molar-refractivity contribution in [2.24, 2.45) is 5.92 Å². The van der Waals surface area contributed by atoms with Crippen molar-refractivity contribution in [2.45, 2.75) is 38.5 Å². The standard InChI is InChI=1S/C11H19N3OS/c1-2-8(5-6-15)7-12-11-13-10(14-16-11)9-3-4-9/h8-9,15H,2-7H2,1H3,(H,12,13,14). The van der Waals surface area contributed by atoms with Crippen LogP contribution in [-0.4, -0.2) is 27.6 Å². The van der Waals surface area contributed by atoms with E-state index in [9.17, 15) is 0 Å². The summed E-state index contributed by atoms with van der Waals surface area (Å²) < 4.78 is 4.35. The SMILES string of the molecule is CCC(CCO)CNc1nc(C2CC2)ns1. The Morgan fingerprint density at radius 1 is 1.56 bits per heavy atom. The molecule has 2 rings (SSSR count). The average molecular weight is 241 g/mol. The number of nitrogens with one attached hydrogen (secondary N) is 1. The van der Waals surface area contributed by atoms with Gasteiger partial charge in [0.25, 0.3) is 0 Å². The van der Waals surface area contributed by atoms with Gasteiger partial charge in [0.1, 0.15) is 5.82 Å². The van der Waals surface area contributed by atoms with E-state index in [2.05, 4.69) is 21.6 Å². The molecule has 0 spiro atoms. The summed E-state index contributed by atoms with van der Waals surface area (Å²) in [5, 5.41) is 13.1. The number of hydrogen-bond acceptors (Lipinski definition) is 5. The highest BCUT2D eigenvalue weighted by Gasteiger charge is 2.27. The fourth-order valence-corrected chi connectivity index (χ4v) is 2.33. The molecule has 0 aliphatic heterocycles. The summed E-state index contributed by atoms with van der Waals surface area (Å²) in [4.78, 5) is 4.47. The molecular formula is C11H19N3OS. The van der Waals surface area contributed by atoms with Gasteiger partial charge in [0.05, 0.1) is 0 Å². The van der Waals surface area contributed by atoms with E-state index >= 15 is 0 Å². The van der Waals surface area contributed by atoms with Crippen LogP contribution in [0.2, 0.25) is 0 Å². The van der Waals surface area contributed by atoms with E-state index in [-0.39, 0.29) is 6.61 Å². The first-order valence-corrected chi connectivity index (χ1v) is 6.79. The molecular weight excluding hydrogens is 222 g/mol. The van der Waals surface area contributed by atoms with Crippen LogP contribution in [0.5, 0.6) is 0 Å². The second kappa shape index (κ2) is 5.59. The second-order valence-corrected chi connectivity index (χ2v) is 5.15. The van der Waals surface area contributed by atoms with Crippen LogP contribution in [-0.2, 0) is 0 Å². The Bertz CT molecular complexity index is 325. The third kappa shape index (κ3) is 3.15. The van der Waals surface area contributed by atoms with Crippen molar-refractivity contribution in [2.75, 3.05) is 18.5 Å². The van der Waals surface area contributed by atoms with Crippen molar-refractivity contribution >= 4 is 16.7 Å². The molecule has 0 bridgehead atoms. The number of aliphatic hydroxyl groups excluding tert-OH is 1. The number of aromatic nitrogens is 2. The van der Waals surface area contributed by atoms with Crippen LogP contribution >= 0.6 is 11.5 Å².